The van der Waals surface area contributed by atoms with Crippen LogP contribution in [0.2, 0.25) is 0 Å². The van der Waals surface area contributed by atoms with Gasteiger partial charge in [-0.05, 0) is 31.4 Å². The van der Waals surface area contributed by atoms with Crippen LogP contribution in [-0.2, 0) is 0 Å². The number of pyridine rings is 1. The molecule has 1 aromatic rings. The number of rotatable bonds is 8. The van der Waals surface area contributed by atoms with E-state index in [1.54, 1.807) is 6.20 Å². The molecule has 0 aliphatic heterocycles. The Labute approximate surface area is 122 Å². The predicted octanol–water partition coefficient (Wildman–Crippen LogP) is 3.41. The van der Waals surface area contributed by atoms with Gasteiger partial charge in [-0.1, -0.05) is 27.2 Å². The first kappa shape index (κ1) is 16.5. The van der Waals surface area contributed by atoms with Crippen LogP contribution >= 0.6 is 0 Å². The molecule has 1 rings (SSSR count). The van der Waals surface area contributed by atoms with Crippen molar-refractivity contribution in [1.82, 2.24) is 9.88 Å². The molecule has 1 atom stereocenters. The Bertz CT molecular complexity index is 420. The summed E-state index contributed by atoms with van der Waals surface area (Å²) in [6.07, 6.45) is 3.81. The van der Waals surface area contributed by atoms with E-state index in [9.17, 15) is 4.79 Å². The standard InChI is InChI=1S/C16H27N3O/c1-5-10-17-15-14(9-8-11-18-15)16(20)19(7-3)12-13(4)6-2/h8-9,11,13H,5-7,10,12H2,1-4H3,(H,17,18). The molecule has 112 valence electrons. The van der Waals surface area contributed by atoms with Crippen molar-refractivity contribution in [3.05, 3.63) is 23.9 Å². The Morgan fingerprint density at radius 1 is 1.40 bits per heavy atom. The van der Waals surface area contributed by atoms with E-state index in [4.69, 9.17) is 0 Å². The smallest absolute Gasteiger partial charge is 0.257 e. The molecule has 1 aromatic heterocycles. The molecule has 0 fully saturated rings. The summed E-state index contributed by atoms with van der Waals surface area (Å²) in [7, 11) is 0. The summed E-state index contributed by atoms with van der Waals surface area (Å²) in [5.74, 6) is 1.28. The van der Waals surface area contributed by atoms with Crippen molar-refractivity contribution in [3.8, 4) is 0 Å². The maximum Gasteiger partial charge on any atom is 0.257 e. The van der Waals surface area contributed by atoms with Gasteiger partial charge in [0.2, 0.25) is 0 Å². The topological polar surface area (TPSA) is 45.2 Å². The summed E-state index contributed by atoms with van der Waals surface area (Å²) < 4.78 is 0. The molecule has 4 nitrogen and oxygen atoms in total. The minimum Gasteiger partial charge on any atom is -0.369 e. The van der Waals surface area contributed by atoms with Gasteiger partial charge < -0.3 is 10.2 Å². The van der Waals surface area contributed by atoms with Crippen LogP contribution in [0.4, 0.5) is 5.82 Å². The third kappa shape index (κ3) is 4.51. The van der Waals surface area contributed by atoms with E-state index >= 15 is 0 Å². The Hall–Kier alpha value is -1.58. The van der Waals surface area contributed by atoms with Gasteiger partial charge in [0.15, 0.2) is 0 Å². The average molecular weight is 277 g/mol. The number of carbonyl (C=O) groups excluding carboxylic acids is 1. The Kier molecular flexibility index (Phi) is 7.05. The van der Waals surface area contributed by atoms with Gasteiger partial charge in [-0.2, -0.15) is 0 Å². The van der Waals surface area contributed by atoms with Gasteiger partial charge in [0, 0.05) is 25.8 Å². The molecular formula is C16H27N3O. The lowest BCUT2D eigenvalue weighted by Crippen LogP contribution is -2.35. The van der Waals surface area contributed by atoms with Gasteiger partial charge in [0.1, 0.15) is 5.82 Å². The number of carbonyl (C=O) groups is 1. The van der Waals surface area contributed by atoms with Crippen molar-refractivity contribution in [3.63, 3.8) is 0 Å². The third-order valence-corrected chi connectivity index (χ3v) is 3.48. The maximum atomic E-state index is 12.7. The summed E-state index contributed by atoms with van der Waals surface area (Å²) in [5.41, 5.74) is 0.672. The molecule has 1 heterocycles. The van der Waals surface area contributed by atoms with E-state index in [1.165, 1.54) is 0 Å². The van der Waals surface area contributed by atoms with Crippen LogP contribution in [0.15, 0.2) is 18.3 Å². The summed E-state index contributed by atoms with van der Waals surface area (Å²) in [5, 5.41) is 3.23. The number of nitrogens with zero attached hydrogens (tertiary/aromatic N) is 2. The molecule has 0 saturated carbocycles. The highest BCUT2D eigenvalue weighted by Gasteiger charge is 2.19. The molecule has 4 heteroatoms. The first-order valence-corrected chi connectivity index (χ1v) is 7.62. The second-order valence-corrected chi connectivity index (χ2v) is 5.18. The predicted molar refractivity (Wildman–Crippen MR) is 84.1 cm³/mol. The lowest BCUT2D eigenvalue weighted by atomic mass is 10.1. The van der Waals surface area contributed by atoms with E-state index in [0.29, 0.717) is 17.3 Å². The summed E-state index contributed by atoms with van der Waals surface area (Å²) in [4.78, 5) is 18.9. The number of anilines is 1. The molecule has 0 saturated heterocycles. The fourth-order valence-corrected chi connectivity index (χ4v) is 1.99. The summed E-state index contributed by atoms with van der Waals surface area (Å²) >= 11 is 0. The lowest BCUT2D eigenvalue weighted by Gasteiger charge is -2.25. The summed E-state index contributed by atoms with van der Waals surface area (Å²) in [6, 6.07) is 3.67. The largest absolute Gasteiger partial charge is 0.369 e. The molecule has 0 spiro atoms. The van der Waals surface area contributed by atoms with E-state index in [-0.39, 0.29) is 5.91 Å². The van der Waals surface area contributed by atoms with Crippen molar-refractivity contribution in [2.24, 2.45) is 5.92 Å². The Morgan fingerprint density at radius 3 is 2.75 bits per heavy atom. The molecule has 1 unspecified atom stereocenters. The zero-order valence-corrected chi connectivity index (χ0v) is 13.1. The van der Waals surface area contributed by atoms with Gasteiger partial charge >= 0.3 is 0 Å². The van der Waals surface area contributed by atoms with E-state index in [2.05, 4.69) is 31.1 Å². The lowest BCUT2D eigenvalue weighted by molar-refractivity contribution is 0.0741. The fraction of sp³-hybridized carbons (Fsp3) is 0.625. The molecule has 0 radical (unpaired) electrons. The fourth-order valence-electron chi connectivity index (χ4n) is 1.99. The second kappa shape index (κ2) is 8.56. The van der Waals surface area contributed by atoms with Crippen LogP contribution in [0.3, 0.4) is 0 Å². The highest BCUT2D eigenvalue weighted by molar-refractivity contribution is 5.98. The molecular weight excluding hydrogens is 250 g/mol. The highest BCUT2D eigenvalue weighted by Crippen LogP contribution is 2.16. The van der Waals surface area contributed by atoms with Gasteiger partial charge in [-0.15, -0.1) is 0 Å². The van der Waals surface area contributed by atoms with Crippen molar-refractivity contribution < 1.29 is 4.79 Å². The third-order valence-electron chi connectivity index (χ3n) is 3.48. The quantitative estimate of drug-likeness (QED) is 0.792. The average Bonchev–Trinajstić information content (AvgIpc) is 2.49. The molecule has 1 N–H and O–H groups in total. The van der Waals surface area contributed by atoms with Gasteiger partial charge in [-0.3, -0.25) is 4.79 Å². The second-order valence-electron chi connectivity index (χ2n) is 5.18. The van der Waals surface area contributed by atoms with E-state index in [0.717, 1.165) is 32.5 Å². The van der Waals surface area contributed by atoms with Crippen LogP contribution < -0.4 is 5.32 Å². The normalized spacial score (nSPS) is 12.0. The number of amides is 1. The van der Waals surface area contributed by atoms with Gasteiger partial charge in [0.05, 0.1) is 5.56 Å². The molecule has 20 heavy (non-hydrogen) atoms. The van der Waals surface area contributed by atoms with Crippen LogP contribution in [0.5, 0.6) is 0 Å². The van der Waals surface area contributed by atoms with Crippen LogP contribution in [-0.4, -0.2) is 35.4 Å². The molecule has 0 bridgehead atoms. The van der Waals surface area contributed by atoms with Crippen LogP contribution in [0.1, 0.15) is 50.9 Å². The highest BCUT2D eigenvalue weighted by atomic mass is 16.2. The van der Waals surface area contributed by atoms with Crippen molar-refractivity contribution >= 4 is 11.7 Å². The first-order chi connectivity index (χ1) is 9.63. The monoisotopic (exact) mass is 277 g/mol. The number of hydrogen-bond donors (Lipinski definition) is 1. The van der Waals surface area contributed by atoms with Crippen LogP contribution in [0, 0.1) is 5.92 Å². The summed E-state index contributed by atoms with van der Waals surface area (Å²) in [6.45, 7) is 10.8. The number of hydrogen-bond acceptors (Lipinski definition) is 3. The van der Waals surface area contributed by atoms with E-state index < -0.39 is 0 Å². The van der Waals surface area contributed by atoms with Gasteiger partial charge in [-0.25, -0.2) is 4.98 Å². The minimum atomic E-state index is 0.0690. The molecule has 1 amide bonds. The van der Waals surface area contributed by atoms with E-state index in [1.807, 2.05) is 24.0 Å². The minimum absolute atomic E-state index is 0.0690. The zero-order chi connectivity index (χ0) is 15.0. The SMILES string of the molecule is CCCNc1ncccc1C(=O)N(CC)CC(C)CC. The van der Waals surface area contributed by atoms with Gasteiger partial charge in [0.25, 0.3) is 5.91 Å². The van der Waals surface area contributed by atoms with Crippen LogP contribution in [0.25, 0.3) is 0 Å². The van der Waals surface area contributed by atoms with Crippen molar-refractivity contribution in [1.29, 1.82) is 0 Å². The molecule has 0 aromatic carbocycles. The molecule has 0 aliphatic rings. The zero-order valence-electron chi connectivity index (χ0n) is 13.1. The molecule has 0 aliphatic carbocycles. The number of aromatic nitrogens is 1. The maximum absolute atomic E-state index is 12.7. The first-order valence-electron chi connectivity index (χ1n) is 7.62. The van der Waals surface area contributed by atoms with Crippen molar-refractivity contribution in [2.45, 2.75) is 40.5 Å². The Balaban J connectivity index is 2.88. The number of nitrogens with one attached hydrogen (secondary N) is 1. The van der Waals surface area contributed by atoms with Crippen molar-refractivity contribution in [2.75, 3.05) is 25.0 Å². The Morgan fingerprint density at radius 2 is 2.15 bits per heavy atom.